The van der Waals surface area contributed by atoms with Gasteiger partial charge in [-0.05, 0) is 20.8 Å². The third kappa shape index (κ3) is 4.88. The van der Waals surface area contributed by atoms with Crippen LogP contribution in [0.3, 0.4) is 0 Å². The van der Waals surface area contributed by atoms with E-state index in [2.05, 4.69) is 16.1 Å². The Bertz CT molecular complexity index is 331. The van der Waals surface area contributed by atoms with E-state index in [1.807, 2.05) is 0 Å². The molecule has 0 N–H and O–H groups in total. The molecule has 0 bridgehead atoms. The van der Waals surface area contributed by atoms with Crippen LogP contribution in [0.2, 0.25) is 0 Å². The number of rotatable bonds is 4. The lowest BCUT2D eigenvalue weighted by molar-refractivity contribution is -0.258. The van der Waals surface area contributed by atoms with E-state index in [1.54, 1.807) is 0 Å². The molecule has 0 unspecified atom stereocenters. The molecule has 0 rings (SSSR count). The molecule has 0 aromatic heterocycles. The van der Waals surface area contributed by atoms with E-state index in [-0.39, 0.29) is 5.57 Å². The van der Waals surface area contributed by atoms with Crippen molar-refractivity contribution in [2.45, 2.75) is 32.5 Å². The lowest BCUT2D eigenvalue weighted by Gasteiger charge is -2.27. The van der Waals surface area contributed by atoms with Crippen LogP contribution in [0, 0.1) is 0 Å². The predicted octanol–water partition coefficient (Wildman–Crippen LogP) is 1.99. The third-order valence-electron chi connectivity index (χ3n) is 1.72. The normalized spacial score (nSPS) is 11.9. The molecule has 4 nitrogen and oxygen atoms in total. The second-order valence-electron chi connectivity index (χ2n) is 3.84. The van der Waals surface area contributed by atoms with Crippen LogP contribution >= 0.6 is 0 Å². The summed E-state index contributed by atoms with van der Waals surface area (Å²) in [6.45, 7) is 5.10. The third-order valence-corrected chi connectivity index (χ3v) is 1.72. The van der Waals surface area contributed by atoms with Crippen LogP contribution in [0.5, 0.6) is 0 Å². The summed E-state index contributed by atoms with van der Waals surface area (Å²) in [7, 11) is 0. The van der Waals surface area contributed by atoms with Gasteiger partial charge in [0.05, 0.1) is 0 Å². The molecule has 0 saturated heterocycles. The first-order valence-corrected chi connectivity index (χ1v) is 4.58. The van der Waals surface area contributed by atoms with Crippen LogP contribution in [0.4, 0.5) is 13.2 Å². The van der Waals surface area contributed by atoms with Gasteiger partial charge in [-0.3, -0.25) is 0 Å². The van der Waals surface area contributed by atoms with E-state index < -0.39 is 30.3 Å². The Hall–Kier alpha value is -1.53. The minimum atomic E-state index is -4.69. The fourth-order valence-electron chi connectivity index (χ4n) is 0.620. The number of esters is 2. The van der Waals surface area contributed by atoms with Crippen LogP contribution < -0.4 is 0 Å². The van der Waals surface area contributed by atoms with E-state index in [0.29, 0.717) is 13.8 Å². The highest BCUT2D eigenvalue weighted by Gasteiger charge is 2.50. The van der Waals surface area contributed by atoms with Crippen LogP contribution in [0.25, 0.3) is 0 Å². The molecule has 17 heavy (non-hydrogen) atoms. The molecule has 0 aliphatic heterocycles. The molecule has 0 fully saturated rings. The molecular weight excluding hydrogens is 241 g/mol. The summed E-state index contributed by atoms with van der Waals surface area (Å²) in [4.78, 5) is 21.9. The van der Waals surface area contributed by atoms with Crippen LogP contribution in [-0.2, 0) is 19.1 Å². The van der Waals surface area contributed by atoms with Crippen LogP contribution in [0.1, 0.15) is 20.8 Å². The average Bonchev–Trinajstić information content (AvgIpc) is 2.11. The summed E-state index contributed by atoms with van der Waals surface area (Å²) in [5.74, 6) is -2.14. The molecule has 0 atom stereocenters. The van der Waals surface area contributed by atoms with Crippen molar-refractivity contribution in [3.8, 4) is 0 Å². The lowest BCUT2D eigenvalue weighted by Crippen LogP contribution is -2.44. The zero-order chi connectivity index (χ0) is 13.9. The fourth-order valence-corrected chi connectivity index (χ4v) is 0.620. The first-order chi connectivity index (χ1) is 7.47. The van der Waals surface area contributed by atoms with Gasteiger partial charge in [-0.2, -0.15) is 13.2 Å². The Balaban J connectivity index is 4.29. The lowest BCUT2D eigenvalue weighted by atomic mass is 10.1. The summed E-state index contributed by atoms with van der Waals surface area (Å²) in [6.07, 6.45) is -4.69. The zero-order valence-corrected chi connectivity index (χ0v) is 9.68. The van der Waals surface area contributed by atoms with Crippen LogP contribution in [-0.4, -0.2) is 30.3 Å². The van der Waals surface area contributed by atoms with Gasteiger partial charge in [0.2, 0.25) is 5.60 Å². The van der Waals surface area contributed by atoms with Gasteiger partial charge in [-0.25, -0.2) is 9.59 Å². The molecule has 0 amide bonds. The van der Waals surface area contributed by atoms with E-state index in [0.717, 1.165) is 0 Å². The summed E-state index contributed by atoms with van der Waals surface area (Å²) in [5, 5.41) is 0. The van der Waals surface area contributed by atoms with Crippen molar-refractivity contribution < 1.29 is 32.2 Å². The Labute approximate surface area is 96.4 Å². The van der Waals surface area contributed by atoms with Gasteiger partial charge >= 0.3 is 18.1 Å². The van der Waals surface area contributed by atoms with Gasteiger partial charge in [0.25, 0.3) is 0 Å². The van der Waals surface area contributed by atoms with Crippen molar-refractivity contribution in [1.29, 1.82) is 0 Å². The monoisotopic (exact) mass is 254 g/mol. The quantitative estimate of drug-likeness (QED) is 0.568. The maximum absolute atomic E-state index is 12.3. The van der Waals surface area contributed by atoms with Gasteiger partial charge in [0.1, 0.15) is 0 Å². The largest absolute Gasteiger partial charge is 0.450 e. The highest BCUT2D eigenvalue weighted by atomic mass is 19.4. The SMILES string of the molecule is C=C(C)C(=O)OCC(=O)OC(C)(C)C(F)(F)F. The first-order valence-electron chi connectivity index (χ1n) is 4.58. The van der Waals surface area contributed by atoms with E-state index in [4.69, 9.17) is 0 Å². The Kier molecular flexibility index (Phi) is 4.73. The van der Waals surface area contributed by atoms with Gasteiger partial charge in [-0.15, -0.1) is 0 Å². The topological polar surface area (TPSA) is 52.6 Å². The minimum absolute atomic E-state index is 0.0351. The summed E-state index contributed by atoms with van der Waals surface area (Å²) in [5.41, 5.74) is -2.59. The zero-order valence-electron chi connectivity index (χ0n) is 9.68. The van der Waals surface area contributed by atoms with Crippen molar-refractivity contribution in [3.63, 3.8) is 0 Å². The first kappa shape index (κ1) is 15.5. The molecule has 0 heterocycles. The average molecular weight is 254 g/mol. The summed E-state index contributed by atoms with van der Waals surface area (Å²) >= 11 is 0. The number of carbonyl (C=O) groups is 2. The van der Waals surface area contributed by atoms with E-state index in [9.17, 15) is 22.8 Å². The Morgan fingerprint density at radius 1 is 1.24 bits per heavy atom. The van der Waals surface area contributed by atoms with Crippen molar-refractivity contribution in [3.05, 3.63) is 12.2 Å². The van der Waals surface area contributed by atoms with E-state index >= 15 is 0 Å². The minimum Gasteiger partial charge on any atom is -0.450 e. The van der Waals surface area contributed by atoms with E-state index in [1.165, 1.54) is 6.92 Å². The molecule has 0 radical (unpaired) electrons. The van der Waals surface area contributed by atoms with Gasteiger partial charge in [0, 0.05) is 5.57 Å². The van der Waals surface area contributed by atoms with Gasteiger partial charge in [-0.1, -0.05) is 6.58 Å². The summed E-state index contributed by atoms with van der Waals surface area (Å²) in [6, 6.07) is 0. The van der Waals surface area contributed by atoms with Crippen molar-refractivity contribution in [2.24, 2.45) is 0 Å². The summed E-state index contributed by atoms with van der Waals surface area (Å²) < 4.78 is 45.5. The molecule has 0 aromatic rings. The number of hydrogen-bond donors (Lipinski definition) is 0. The maximum Gasteiger partial charge on any atom is 0.427 e. The smallest absolute Gasteiger partial charge is 0.427 e. The molecule has 0 spiro atoms. The van der Waals surface area contributed by atoms with Gasteiger partial charge < -0.3 is 9.47 Å². The highest BCUT2D eigenvalue weighted by Crippen LogP contribution is 2.32. The molecule has 0 saturated carbocycles. The molecule has 7 heteroatoms. The maximum atomic E-state index is 12.3. The number of carbonyl (C=O) groups excluding carboxylic acids is 2. The predicted molar refractivity (Wildman–Crippen MR) is 52.0 cm³/mol. The number of alkyl halides is 3. The van der Waals surface area contributed by atoms with Crippen molar-refractivity contribution in [1.82, 2.24) is 0 Å². The second-order valence-corrected chi connectivity index (χ2v) is 3.84. The Morgan fingerprint density at radius 2 is 1.71 bits per heavy atom. The van der Waals surface area contributed by atoms with Crippen LogP contribution in [0.15, 0.2) is 12.2 Å². The van der Waals surface area contributed by atoms with Crippen molar-refractivity contribution in [2.75, 3.05) is 6.61 Å². The second kappa shape index (κ2) is 5.20. The molecule has 0 aromatic carbocycles. The number of halogens is 3. The van der Waals surface area contributed by atoms with Gasteiger partial charge in [0.15, 0.2) is 6.61 Å². The highest BCUT2D eigenvalue weighted by molar-refractivity contribution is 5.88. The number of hydrogen-bond acceptors (Lipinski definition) is 4. The van der Waals surface area contributed by atoms with Crippen molar-refractivity contribution >= 4 is 11.9 Å². The Morgan fingerprint density at radius 3 is 2.06 bits per heavy atom. The molecule has 98 valence electrons. The molecule has 0 aliphatic rings. The molecule has 0 aliphatic carbocycles. The number of ether oxygens (including phenoxy) is 2. The standard InChI is InChI=1S/C10H13F3O4/c1-6(2)8(15)16-5-7(14)17-9(3,4)10(11,12)13/h1,5H2,2-4H3. The fraction of sp³-hybridized carbons (Fsp3) is 0.600. The molecular formula is C10H13F3O4.